The van der Waals surface area contributed by atoms with Crippen LogP contribution >= 0.6 is 0 Å². The highest BCUT2D eigenvalue weighted by Crippen LogP contribution is 2.20. The monoisotopic (exact) mass is 225 g/mol. The fourth-order valence-electron chi connectivity index (χ4n) is 1.15. The summed E-state index contributed by atoms with van der Waals surface area (Å²) in [6.45, 7) is 1.68. The molecule has 1 aromatic heterocycles. The Hall–Kier alpha value is -1.98. The van der Waals surface area contributed by atoms with Crippen LogP contribution in [-0.2, 0) is 9.53 Å². The Bertz CT molecular complexity index is 382. The number of methoxy groups -OCH3 is 2. The van der Waals surface area contributed by atoms with Crippen molar-refractivity contribution in [1.82, 2.24) is 4.98 Å². The van der Waals surface area contributed by atoms with Crippen LogP contribution in [0.15, 0.2) is 12.1 Å². The van der Waals surface area contributed by atoms with Crippen LogP contribution in [0.4, 0.5) is 11.5 Å². The molecule has 0 aliphatic heterocycles. The number of carbonyl (C=O) groups excluding carboxylic acids is 1. The van der Waals surface area contributed by atoms with Gasteiger partial charge in [-0.2, -0.15) is 4.98 Å². The van der Waals surface area contributed by atoms with Crippen molar-refractivity contribution in [3.8, 4) is 5.88 Å². The van der Waals surface area contributed by atoms with E-state index >= 15 is 0 Å². The van der Waals surface area contributed by atoms with E-state index in [4.69, 9.17) is 10.5 Å². The lowest BCUT2D eigenvalue weighted by atomic mass is 10.3. The SMILES string of the molecule is COC(=O)C(C)Nc1ccc(N)c(OC)n1. The van der Waals surface area contributed by atoms with Gasteiger partial charge in [-0.3, -0.25) is 0 Å². The van der Waals surface area contributed by atoms with Crippen LogP contribution in [0.25, 0.3) is 0 Å². The molecule has 6 nitrogen and oxygen atoms in total. The number of ether oxygens (including phenoxy) is 2. The second kappa shape index (κ2) is 5.20. The summed E-state index contributed by atoms with van der Waals surface area (Å²) in [5.41, 5.74) is 6.05. The molecule has 0 aliphatic carbocycles. The highest BCUT2D eigenvalue weighted by molar-refractivity contribution is 5.78. The lowest BCUT2D eigenvalue weighted by Crippen LogP contribution is -2.27. The van der Waals surface area contributed by atoms with Gasteiger partial charge in [0.05, 0.1) is 19.9 Å². The number of nitrogens with two attached hydrogens (primary N) is 1. The summed E-state index contributed by atoms with van der Waals surface area (Å²) >= 11 is 0. The number of hydrogen-bond donors (Lipinski definition) is 2. The summed E-state index contributed by atoms with van der Waals surface area (Å²) in [6.07, 6.45) is 0. The number of carbonyl (C=O) groups is 1. The number of rotatable bonds is 4. The van der Waals surface area contributed by atoms with Crippen molar-refractivity contribution in [3.05, 3.63) is 12.1 Å². The molecule has 0 aromatic carbocycles. The van der Waals surface area contributed by atoms with Gasteiger partial charge in [0.1, 0.15) is 11.9 Å². The molecule has 1 rings (SSSR count). The van der Waals surface area contributed by atoms with Crippen LogP contribution in [0.3, 0.4) is 0 Å². The summed E-state index contributed by atoms with van der Waals surface area (Å²) < 4.78 is 9.54. The second-order valence-corrected chi connectivity index (χ2v) is 3.18. The number of nitrogens with one attached hydrogen (secondary N) is 1. The molecule has 3 N–H and O–H groups in total. The summed E-state index contributed by atoms with van der Waals surface area (Å²) in [6, 6.07) is 2.83. The molecule has 0 spiro atoms. The molecule has 0 fully saturated rings. The van der Waals surface area contributed by atoms with E-state index in [1.165, 1.54) is 14.2 Å². The van der Waals surface area contributed by atoms with Gasteiger partial charge in [-0.1, -0.05) is 0 Å². The molecule has 1 unspecified atom stereocenters. The Morgan fingerprint density at radius 1 is 1.50 bits per heavy atom. The van der Waals surface area contributed by atoms with Crippen molar-refractivity contribution in [3.63, 3.8) is 0 Å². The zero-order valence-electron chi connectivity index (χ0n) is 9.48. The first-order valence-electron chi connectivity index (χ1n) is 4.73. The topological polar surface area (TPSA) is 86.5 Å². The third-order valence-corrected chi connectivity index (χ3v) is 2.00. The minimum Gasteiger partial charge on any atom is -0.479 e. The molecule has 0 bridgehead atoms. The zero-order valence-corrected chi connectivity index (χ0v) is 9.48. The number of aromatic nitrogens is 1. The van der Waals surface area contributed by atoms with E-state index in [9.17, 15) is 4.79 Å². The molecule has 0 saturated carbocycles. The van der Waals surface area contributed by atoms with E-state index in [2.05, 4.69) is 15.0 Å². The molecule has 0 radical (unpaired) electrons. The second-order valence-electron chi connectivity index (χ2n) is 3.18. The van der Waals surface area contributed by atoms with Crippen LogP contribution in [0.1, 0.15) is 6.92 Å². The summed E-state index contributed by atoms with van der Waals surface area (Å²) in [4.78, 5) is 15.3. The van der Waals surface area contributed by atoms with Crippen LogP contribution in [0.2, 0.25) is 0 Å². The predicted molar refractivity (Wildman–Crippen MR) is 60.3 cm³/mol. The fourth-order valence-corrected chi connectivity index (χ4v) is 1.15. The maximum Gasteiger partial charge on any atom is 0.328 e. The van der Waals surface area contributed by atoms with E-state index in [1.807, 2.05) is 0 Å². The van der Waals surface area contributed by atoms with E-state index < -0.39 is 6.04 Å². The molecule has 1 atom stereocenters. The van der Waals surface area contributed by atoms with Crippen LogP contribution in [-0.4, -0.2) is 31.2 Å². The maximum atomic E-state index is 11.2. The molecular weight excluding hydrogens is 210 g/mol. The van der Waals surface area contributed by atoms with Crippen molar-refractivity contribution in [1.29, 1.82) is 0 Å². The van der Waals surface area contributed by atoms with Crippen molar-refractivity contribution in [2.45, 2.75) is 13.0 Å². The largest absolute Gasteiger partial charge is 0.479 e. The Labute approximate surface area is 93.8 Å². The molecule has 1 heterocycles. The normalized spacial score (nSPS) is 11.7. The number of pyridine rings is 1. The highest BCUT2D eigenvalue weighted by Gasteiger charge is 2.13. The van der Waals surface area contributed by atoms with Gasteiger partial charge >= 0.3 is 5.97 Å². The maximum absolute atomic E-state index is 11.2. The first-order valence-corrected chi connectivity index (χ1v) is 4.73. The van der Waals surface area contributed by atoms with Crippen molar-refractivity contribution < 1.29 is 14.3 Å². The highest BCUT2D eigenvalue weighted by atomic mass is 16.5. The smallest absolute Gasteiger partial charge is 0.328 e. The number of anilines is 2. The van der Waals surface area contributed by atoms with Crippen LogP contribution < -0.4 is 15.8 Å². The van der Waals surface area contributed by atoms with Crippen LogP contribution in [0.5, 0.6) is 5.88 Å². The Morgan fingerprint density at radius 2 is 2.19 bits per heavy atom. The third-order valence-electron chi connectivity index (χ3n) is 2.00. The molecule has 16 heavy (non-hydrogen) atoms. The van der Waals surface area contributed by atoms with Gasteiger partial charge in [0.2, 0.25) is 5.88 Å². The van der Waals surface area contributed by atoms with Crippen molar-refractivity contribution in [2.75, 3.05) is 25.3 Å². The average Bonchev–Trinajstić information content (AvgIpc) is 2.30. The fraction of sp³-hybridized carbons (Fsp3) is 0.400. The molecule has 88 valence electrons. The van der Waals surface area contributed by atoms with Gasteiger partial charge in [0, 0.05) is 0 Å². The lowest BCUT2D eigenvalue weighted by Gasteiger charge is -2.13. The van der Waals surface area contributed by atoms with E-state index in [-0.39, 0.29) is 5.97 Å². The molecule has 0 saturated heterocycles. The number of nitrogens with zero attached hydrogens (tertiary/aromatic N) is 1. The molecule has 0 amide bonds. The van der Waals surface area contributed by atoms with E-state index in [0.717, 1.165) is 0 Å². The first kappa shape index (κ1) is 12.1. The lowest BCUT2D eigenvalue weighted by molar-refractivity contribution is -0.141. The van der Waals surface area contributed by atoms with Gasteiger partial charge in [0.25, 0.3) is 0 Å². The molecule has 1 aromatic rings. The summed E-state index contributed by atoms with van der Waals surface area (Å²) in [5.74, 6) is 0.462. The Kier molecular flexibility index (Phi) is 3.93. The minimum atomic E-state index is -0.481. The number of esters is 1. The van der Waals surface area contributed by atoms with E-state index in [0.29, 0.717) is 17.4 Å². The zero-order chi connectivity index (χ0) is 12.1. The predicted octanol–water partition coefficient (Wildman–Crippen LogP) is 0.646. The summed E-state index contributed by atoms with van der Waals surface area (Å²) in [7, 11) is 2.81. The summed E-state index contributed by atoms with van der Waals surface area (Å²) in [5, 5.41) is 2.87. The molecule has 6 heteroatoms. The van der Waals surface area contributed by atoms with Crippen molar-refractivity contribution >= 4 is 17.5 Å². The van der Waals surface area contributed by atoms with Crippen molar-refractivity contribution in [2.24, 2.45) is 0 Å². The first-order chi connectivity index (χ1) is 7.58. The van der Waals surface area contributed by atoms with Gasteiger partial charge < -0.3 is 20.5 Å². The van der Waals surface area contributed by atoms with Crippen LogP contribution in [0, 0.1) is 0 Å². The number of nitrogen functional groups attached to an aromatic ring is 1. The quantitative estimate of drug-likeness (QED) is 0.731. The molecular formula is C10H15N3O3. The third kappa shape index (κ3) is 2.75. The van der Waals surface area contributed by atoms with Gasteiger partial charge in [0.15, 0.2) is 0 Å². The Balaban J connectivity index is 2.78. The standard InChI is InChI=1S/C10H15N3O3/c1-6(10(14)16-3)12-8-5-4-7(11)9(13-8)15-2/h4-6H,11H2,1-3H3,(H,12,13). The Morgan fingerprint density at radius 3 is 2.75 bits per heavy atom. The average molecular weight is 225 g/mol. The van der Waals surface area contributed by atoms with Gasteiger partial charge in [-0.05, 0) is 19.1 Å². The number of hydrogen-bond acceptors (Lipinski definition) is 6. The van der Waals surface area contributed by atoms with E-state index in [1.54, 1.807) is 19.1 Å². The van der Waals surface area contributed by atoms with Gasteiger partial charge in [-0.15, -0.1) is 0 Å². The van der Waals surface area contributed by atoms with Gasteiger partial charge in [-0.25, -0.2) is 4.79 Å². The molecule has 0 aliphatic rings. The minimum absolute atomic E-state index is 0.321.